The summed E-state index contributed by atoms with van der Waals surface area (Å²) in [5, 5.41) is 6.34. The Bertz CT molecular complexity index is 335. The number of hydrogen-bond acceptors (Lipinski definition) is 3. The molecule has 0 aromatic carbocycles. The Labute approximate surface area is 103 Å². The van der Waals surface area contributed by atoms with Gasteiger partial charge in [-0.2, -0.15) is 5.10 Å². The highest BCUT2D eigenvalue weighted by atomic mass is 35.5. The molecule has 82 valence electrons. The number of hydrazone groups is 1. The summed E-state index contributed by atoms with van der Waals surface area (Å²) in [6.07, 6.45) is 1.71. The summed E-state index contributed by atoms with van der Waals surface area (Å²) in [6.45, 7) is 0. The summed E-state index contributed by atoms with van der Waals surface area (Å²) in [7, 11) is 0. The van der Waals surface area contributed by atoms with Crippen molar-refractivity contribution >= 4 is 46.0 Å². The van der Waals surface area contributed by atoms with Crippen molar-refractivity contribution in [1.82, 2.24) is 5.43 Å². The molecule has 0 aliphatic rings. The molecule has 0 fully saturated rings. The van der Waals surface area contributed by atoms with E-state index in [0.717, 1.165) is 23.4 Å². The Morgan fingerprint density at radius 2 is 2.47 bits per heavy atom. The lowest BCUT2D eigenvalue weighted by atomic mass is 10.2. The zero-order chi connectivity index (χ0) is 11.1. The first-order valence-electron chi connectivity index (χ1n) is 4.46. The second-order valence-corrected chi connectivity index (χ2v) is 4.57. The van der Waals surface area contributed by atoms with Gasteiger partial charge in [0.25, 0.3) is 0 Å². The molecule has 0 amide bonds. The molecule has 6 heteroatoms. The van der Waals surface area contributed by atoms with E-state index in [9.17, 15) is 0 Å². The maximum atomic E-state index is 5.65. The van der Waals surface area contributed by atoms with Gasteiger partial charge in [-0.05, 0) is 36.5 Å². The largest absolute Gasteiger partial charge is 0.375 e. The molecule has 1 aromatic heterocycles. The lowest BCUT2D eigenvalue weighted by Gasteiger charge is -2.03. The molecule has 0 aliphatic carbocycles. The quantitative estimate of drug-likeness (QED) is 0.370. The molecule has 0 radical (unpaired) electrons. The van der Waals surface area contributed by atoms with E-state index >= 15 is 0 Å². The standard InChI is InChI=1S/C9H12ClN3S2/c10-5-1-3-7(12-13-9(11)14)8-4-2-6-15-8/h2,4,6H,1,3,5H2,(H3,11,13,14)/b12-7+. The third-order valence-electron chi connectivity index (χ3n) is 1.65. The molecular formula is C9H12ClN3S2. The molecule has 1 aromatic rings. The van der Waals surface area contributed by atoms with Crippen molar-refractivity contribution in [2.24, 2.45) is 10.8 Å². The maximum Gasteiger partial charge on any atom is 0.184 e. The fourth-order valence-electron chi connectivity index (χ4n) is 1.03. The molecule has 1 heterocycles. The van der Waals surface area contributed by atoms with Gasteiger partial charge in [0, 0.05) is 5.88 Å². The molecule has 0 saturated heterocycles. The van der Waals surface area contributed by atoms with Gasteiger partial charge in [-0.15, -0.1) is 22.9 Å². The Kier molecular flexibility index (Phi) is 5.60. The average molecular weight is 262 g/mol. The predicted octanol–water partition coefficient (Wildman–Crippen LogP) is 2.30. The van der Waals surface area contributed by atoms with Gasteiger partial charge in [0.1, 0.15) is 0 Å². The van der Waals surface area contributed by atoms with E-state index in [4.69, 9.17) is 29.6 Å². The molecule has 0 saturated carbocycles. The summed E-state index contributed by atoms with van der Waals surface area (Å²) in [5.74, 6) is 0.622. The number of nitrogens with one attached hydrogen (secondary N) is 1. The molecule has 0 aliphatic heterocycles. The van der Waals surface area contributed by atoms with Crippen molar-refractivity contribution in [3.63, 3.8) is 0 Å². The number of alkyl halides is 1. The molecular weight excluding hydrogens is 250 g/mol. The van der Waals surface area contributed by atoms with Crippen molar-refractivity contribution in [2.45, 2.75) is 12.8 Å². The van der Waals surface area contributed by atoms with Gasteiger partial charge < -0.3 is 5.73 Å². The highest BCUT2D eigenvalue weighted by molar-refractivity contribution is 7.80. The first-order valence-corrected chi connectivity index (χ1v) is 6.28. The smallest absolute Gasteiger partial charge is 0.184 e. The topological polar surface area (TPSA) is 50.4 Å². The fraction of sp³-hybridized carbons (Fsp3) is 0.333. The van der Waals surface area contributed by atoms with Crippen LogP contribution in [-0.2, 0) is 0 Å². The number of nitrogens with two attached hydrogens (primary N) is 1. The molecule has 0 spiro atoms. The number of thiophene rings is 1. The summed E-state index contributed by atoms with van der Waals surface area (Å²) < 4.78 is 0. The third-order valence-corrected chi connectivity index (χ3v) is 2.93. The first kappa shape index (κ1) is 12.4. The van der Waals surface area contributed by atoms with Crippen LogP contribution in [0.15, 0.2) is 22.6 Å². The van der Waals surface area contributed by atoms with Gasteiger partial charge in [0.2, 0.25) is 0 Å². The first-order chi connectivity index (χ1) is 7.24. The molecule has 15 heavy (non-hydrogen) atoms. The van der Waals surface area contributed by atoms with Crippen LogP contribution in [0.2, 0.25) is 0 Å². The molecule has 0 bridgehead atoms. The number of nitrogens with zero attached hydrogens (tertiary/aromatic N) is 1. The predicted molar refractivity (Wildman–Crippen MR) is 70.7 cm³/mol. The van der Waals surface area contributed by atoms with Gasteiger partial charge in [0.15, 0.2) is 5.11 Å². The highest BCUT2D eigenvalue weighted by Crippen LogP contribution is 2.13. The molecule has 1 rings (SSSR count). The SMILES string of the molecule is NC(=S)N/N=C(\CCCCl)c1cccs1. The number of hydrogen-bond donors (Lipinski definition) is 2. The van der Waals surface area contributed by atoms with Crippen molar-refractivity contribution in [2.75, 3.05) is 5.88 Å². The zero-order valence-corrected chi connectivity index (χ0v) is 10.5. The Morgan fingerprint density at radius 3 is 3.00 bits per heavy atom. The fourth-order valence-corrected chi connectivity index (χ4v) is 1.96. The average Bonchev–Trinajstić information content (AvgIpc) is 2.71. The van der Waals surface area contributed by atoms with Crippen molar-refractivity contribution in [3.05, 3.63) is 22.4 Å². The number of rotatable bonds is 5. The second-order valence-electron chi connectivity index (χ2n) is 2.80. The minimum Gasteiger partial charge on any atom is -0.375 e. The van der Waals surface area contributed by atoms with Crippen LogP contribution in [-0.4, -0.2) is 16.7 Å². The van der Waals surface area contributed by atoms with E-state index in [1.807, 2.05) is 17.5 Å². The molecule has 3 N–H and O–H groups in total. The normalized spacial score (nSPS) is 11.4. The van der Waals surface area contributed by atoms with E-state index < -0.39 is 0 Å². The van der Waals surface area contributed by atoms with Gasteiger partial charge in [-0.25, -0.2) is 0 Å². The molecule has 0 unspecified atom stereocenters. The maximum absolute atomic E-state index is 5.65. The van der Waals surface area contributed by atoms with Gasteiger partial charge >= 0.3 is 0 Å². The van der Waals surface area contributed by atoms with E-state index in [1.54, 1.807) is 11.3 Å². The van der Waals surface area contributed by atoms with E-state index in [-0.39, 0.29) is 5.11 Å². The van der Waals surface area contributed by atoms with Gasteiger partial charge in [-0.3, -0.25) is 5.43 Å². The number of halogens is 1. The van der Waals surface area contributed by atoms with Crippen LogP contribution in [0.25, 0.3) is 0 Å². The third kappa shape index (κ3) is 4.59. The van der Waals surface area contributed by atoms with Crippen LogP contribution in [0.1, 0.15) is 17.7 Å². The van der Waals surface area contributed by atoms with E-state index in [0.29, 0.717) is 5.88 Å². The molecule has 0 atom stereocenters. The number of thiocarbonyl (C=S) groups is 1. The van der Waals surface area contributed by atoms with Gasteiger partial charge in [-0.1, -0.05) is 6.07 Å². The van der Waals surface area contributed by atoms with Crippen LogP contribution in [0.4, 0.5) is 0 Å². The van der Waals surface area contributed by atoms with Crippen molar-refractivity contribution in [1.29, 1.82) is 0 Å². The van der Waals surface area contributed by atoms with Crippen LogP contribution < -0.4 is 11.2 Å². The lowest BCUT2D eigenvalue weighted by Crippen LogP contribution is -2.25. The minimum absolute atomic E-state index is 0.176. The summed E-state index contributed by atoms with van der Waals surface area (Å²) in [4.78, 5) is 1.11. The zero-order valence-electron chi connectivity index (χ0n) is 8.07. The second kappa shape index (κ2) is 6.76. The van der Waals surface area contributed by atoms with Crippen LogP contribution in [0.3, 0.4) is 0 Å². The summed E-state index contributed by atoms with van der Waals surface area (Å²) in [6, 6.07) is 4.00. The highest BCUT2D eigenvalue weighted by Gasteiger charge is 2.04. The lowest BCUT2D eigenvalue weighted by molar-refractivity contribution is 0.959. The summed E-state index contributed by atoms with van der Waals surface area (Å²) >= 11 is 12.0. The van der Waals surface area contributed by atoms with Crippen LogP contribution in [0, 0.1) is 0 Å². The molecule has 3 nitrogen and oxygen atoms in total. The van der Waals surface area contributed by atoms with Gasteiger partial charge in [0.05, 0.1) is 10.6 Å². The minimum atomic E-state index is 0.176. The Balaban J connectivity index is 2.69. The monoisotopic (exact) mass is 261 g/mol. The van der Waals surface area contributed by atoms with Crippen molar-refractivity contribution in [3.8, 4) is 0 Å². The van der Waals surface area contributed by atoms with Crippen LogP contribution >= 0.6 is 35.2 Å². The Hall–Kier alpha value is -0.650. The summed E-state index contributed by atoms with van der Waals surface area (Å²) in [5.41, 5.74) is 8.86. The van der Waals surface area contributed by atoms with Crippen molar-refractivity contribution < 1.29 is 0 Å². The van der Waals surface area contributed by atoms with Crippen LogP contribution in [0.5, 0.6) is 0 Å². The van der Waals surface area contributed by atoms with E-state index in [1.165, 1.54) is 0 Å². The van der Waals surface area contributed by atoms with E-state index in [2.05, 4.69) is 10.5 Å². The Morgan fingerprint density at radius 1 is 1.67 bits per heavy atom.